The van der Waals surface area contributed by atoms with Gasteiger partial charge in [-0.1, -0.05) is 17.3 Å². The van der Waals surface area contributed by atoms with Crippen LogP contribution in [0.2, 0.25) is 0 Å². The Hall–Kier alpha value is -4.20. The molecule has 1 N–H and O–H groups in total. The van der Waals surface area contributed by atoms with Gasteiger partial charge in [-0.2, -0.15) is 4.98 Å². The van der Waals surface area contributed by atoms with Crippen LogP contribution in [0.4, 0.5) is 5.69 Å². The molecule has 4 aromatic rings. The van der Waals surface area contributed by atoms with Crippen molar-refractivity contribution in [3.8, 4) is 28.6 Å². The largest absolute Gasteiger partial charge is 0.497 e. The van der Waals surface area contributed by atoms with Gasteiger partial charge in [-0.25, -0.2) is 0 Å². The van der Waals surface area contributed by atoms with E-state index in [1.807, 2.05) is 57.2 Å². The van der Waals surface area contributed by atoms with Gasteiger partial charge in [0.1, 0.15) is 17.9 Å². The normalized spacial score (nSPS) is 10.9. The van der Waals surface area contributed by atoms with E-state index in [1.54, 1.807) is 26.2 Å². The fourth-order valence-electron chi connectivity index (χ4n) is 3.77. The monoisotopic (exact) mass is 458 g/mol. The Morgan fingerprint density at radius 1 is 1.03 bits per heavy atom. The molecule has 0 aliphatic rings. The van der Waals surface area contributed by atoms with Crippen LogP contribution in [0, 0.1) is 27.7 Å². The van der Waals surface area contributed by atoms with Crippen LogP contribution in [0.1, 0.15) is 22.4 Å². The van der Waals surface area contributed by atoms with Crippen LogP contribution < -0.4 is 15.6 Å². The summed E-state index contributed by atoms with van der Waals surface area (Å²) in [6, 6.07) is 14.9. The van der Waals surface area contributed by atoms with Crippen LogP contribution in [-0.4, -0.2) is 27.7 Å². The lowest BCUT2D eigenvalue weighted by molar-refractivity contribution is -0.116. The third kappa shape index (κ3) is 4.61. The number of rotatable bonds is 6. The van der Waals surface area contributed by atoms with E-state index in [-0.39, 0.29) is 29.5 Å². The van der Waals surface area contributed by atoms with Gasteiger partial charge in [0.15, 0.2) is 0 Å². The molecule has 0 aliphatic carbocycles. The summed E-state index contributed by atoms with van der Waals surface area (Å²) in [5.41, 5.74) is 4.71. The van der Waals surface area contributed by atoms with Crippen molar-refractivity contribution in [2.24, 2.45) is 0 Å². The van der Waals surface area contributed by atoms with Crippen molar-refractivity contribution in [2.75, 3.05) is 12.4 Å². The number of ether oxygens (including phenoxy) is 1. The van der Waals surface area contributed by atoms with Crippen molar-refractivity contribution >= 4 is 11.6 Å². The van der Waals surface area contributed by atoms with Gasteiger partial charge in [0.2, 0.25) is 11.7 Å². The average molecular weight is 459 g/mol. The summed E-state index contributed by atoms with van der Waals surface area (Å²) < 4.78 is 12.0. The topological polar surface area (TPSA) is 99.3 Å². The molecule has 0 fully saturated rings. The highest BCUT2D eigenvalue weighted by molar-refractivity contribution is 5.91. The fourth-order valence-corrected chi connectivity index (χ4v) is 3.77. The van der Waals surface area contributed by atoms with Gasteiger partial charge in [0.25, 0.3) is 11.4 Å². The molecule has 0 unspecified atom stereocenters. The Labute approximate surface area is 197 Å². The van der Waals surface area contributed by atoms with Crippen LogP contribution in [0.15, 0.2) is 57.8 Å². The smallest absolute Gasteiger partial charge is 0.264 e. The second-order valence-electron chi connectivity index (χ2n) is 8.25. The first-order valence-electron chi connectivity index (χ1n) is 10.8. The number of benzene rings is 2. The molecule has 0 atom stereocenters. The fraction of sp³-hybridized carbons (Fsp3) is 0.231. The molecule has 2 heterocycles. The number of amides is 1. The summed E-state index contributed by atoms with van der Waals surface area (Å²) in [5.74, 6) is 0.885. The molecular formula is C26H26N4O4. The molecule has 0 saturated carbocycles. The molecule has 2 aromatic carbocycles. The molecule has 0 radical (unpaired) electrons. The van der Waals surface area contributed by atoms with E-state index < -0.39 is 0 Å². The standard InChI is InChI=1S/C26H26N4O4/c1-15-6-7-16(2)21(12-15)27-22(31)14-30-18(4)13-17(3)23(26(30)32)25-28-24(29-34-25)19-8-10-20(33-5)11-9-19/h6-13H,14H2,1-5H3,(H,27,31). The van der Waals surface area contributed by atoms with Crippen LogP contribution in [0.3, 0.4) is 0 Å². The molecule has 2 aromatic heterocycles. The van der Waals surface area contributed by atoms with Crippen molar-refractivity contribution in [3.63, 3.8) is 0 Å². The lowest BCUT2D eigenvalue weighted by atomic mass is 10.1. The maximum absolute atomic E-state index is 13.4. The molecule has 4 rings (SSSR count). The van der Waals surface area contributed by atoms with Crippen LogP contribution in [0.25, 0.3) is 22.8 Å². The lowest BCUT2D eigenvalue weighted by Gasteiger charge is -2.14. The number of methoxy groups -OCH3 is 1. The zero-order valence-corrected chi connectivity index (χ0v) is 19.8. The summed E-state index contributed by atoms with van der Waals surface area (Å²) >= 11 is 0. The molecule has 0 saturated heterocycles. The van der Waals surface area contributed by atoms with Crippen molar-refractivity contribution < 1.29 is 14.1 Å². The first-order chi connectivity index (χ1) is 16.3. The number of carbonyl (C=O) groups is 1. The van der Waals surface area contributed by atoms with Gasteiger partial charge in [0.05, 0.1) is 7.11 Å². The second kappa shape index (κ2) is 9.35. The molecule has 34 heavy (non-hydrogen) atoms. The lowest BCUT2D eigenvalue weighted by Crippen LogP contribution is -2.30. The zero-order valence-electron chi connectivity index (χ0n) is 19.8. The summed E-state index contributed by atoms with van der Waals surface area (Å²) in [4.78, 5) is 30.6. The molecule has 174 valence electrons. The van der Waals surface area contributed by atoms with E-state index >= 15 is 0 Å². The molecule has 0 aliphatic heterocycles. The number of hydrogen-bond donors (Lipinski definition) is 1. The number of anilines is 1. The molecule has 8 nitrogen and oxygen atoms in total. The number of pyridine rings is 1. The van der Waals surface area contributed by atoms with Gasteiger partial charge < -0.3 is 19.1 Å². The van der Waals surface area contributed by atoms with Gasteiger partial charge in [-0.15, -0.1) is 0 Å². The predicted octanol–water partition coefficient (Wildman–Crippen LogP) is 4.45. The first-order valence-corrected chi connectivity index (χ1v) is 10.8. The Bertz CT molecular complexity index is 1420. The molecule has 1 amide bonds. The van der Waals surface area contributed by atoms with Crippen molar-refractivity contribution in [1.29, 1.82) is 0 Å². The minimum absolute atomic E-state index is 0.108. The van der Waals surface area contributed by atoms with E-state index in [9.17, 15) is 9.59 Å². The van der Waals surface area contributed by atoms with E-state index in [2.05, 4.69) is 15.5 Å². The minimum atomic E-state index is -0.362. The summed E-state index contributed by atoms with van der Waals surface area (Å²) in [5, 5.41) is 6.94. The number of carbonyl (C=O) groups excluding carboxylic acids is 1. The molecule has 0 bridgehead atoms. The summed E-state index contributed by atoms with van der Waals surface area (Å²) in [6.45, 7) is 7.35. The van der Waals surface area contributed by atoms with Crippen molar-refractivity contribution in [3.05, 3.63) is 81.3 Å². The Morgan fingerprint density at radius 3 is 2.47 bits per heavy atom. The van der Waals surface area contributed by atoms with E-state index in [0.29, 0.717) is 22.8 Å². The highest BCUT2D eigenvalue weighted by Crippen LogP contribution is 2.24. The van der Waals surface area contributed by atoms with E-state index in [0.717, 1.165) is 22.4 Å². The Kier molecular flexibility index (Phi) is 6.32. The van der Waals surface area contributed by atoms with Crippen LogP contribution in [0.5, 0.6) is 5.75 Å². The predicted molar refractivity (Wildman–Crippen MR) is 130 cm³/mol. The number of nitrogens with zero attached hydrogens (tertiary/aromatic N) is 3. The van der Waals surface area contributed by atoms with Crippen LogP contribution in [-0.2, 0) is 11.3 Å². The third-order valence-electron chi connectivity index (χ3n) is 5.66. The van der Waals surface area contributed by atoms with E-state index in [1.165, 1.54) is 4.57 Å². The quantitative estimate of drug-likeness (QED) is 0.458. The Balaban J connectivity index is 1.64. The van der Waals surface area contributed by atoms with Gasteiger partial charge in [0, 0.05) is 16.9 Å². The third-order valence-corrected chi connectivity index (χ3v) is 5.66. The summed E-state index contributed by atoms with van der Waals surface area (Å²) in [6.07, 6.45) is 0. The second-order valence-corrected chi connectivity index (χ2v) is 8.25. The Morgan fingerprint density at radius 2 is 1.76 bits per heavy atom. The minimum Gasteiger partial charge on any atom is -0.497 e. The van der Waals surface area contributed by atoms with Gasteiger partial charge in [-0.3, -0.25) is 9.59 Å². The highest BCUT2D eigenvalue weighted by atomic mass is 16.5. The van der Waals surface area contributed by atoms with Gasteiger partial charge >= 0.3 is 0 Å². The van der Waals surface area contributed by atoms with Crippen molar-refractivity contribution in [2.45, 2.75) is 34.2 Å². The molecule has 0 spiro atoms. The van der Waals surface area contributed by atoms with E-state index in [4.69, 9.17) is 9.26 Å². The maximum atomic E-state index is 13.4. The summed E-state index contributed by atoms with van der Waals surface area (Å²) in [7, 11) is 1.59. The average Bonchev–Trinajstić information content (AvgIpc) is 3.28. The first kappa shape index (κ1) is 23.0. The number of aryl methyl sites for hydroxylation is 4. The number of hydrogen-bond acceptors (Lipinski definition) is 6. The zero-order chi connectivity index (χ0) is 24.4. The molecule has 8 heteroatoms. The number of aromatic nitrogens is 3. The van der Waals surface area contributed by atoms with Crippen molar-refractivity contribution in [1.82, 2.24) is 14.7 Å². The van der Waals surface area contributed by atoms with Crippen LogP contribution >= 0.6 is 0 Å². The van der Waals surface area contributed by atoms with Gasteiger partial charge in [-0.05, 0) is 80.8 Å². The molecular weight excluding hydrogens is 432 g/mol. The SMILES string of the molecule is COc1ccc(-c2noc(-c3c(C)cc(C)n(CC(=O)Nc4cc(C)ccc4C)c3=O)n2)cc1. The number of nitrogens with one attached hydrogen (secondary N) is 1. The highest BCUT2D eigenvalue weighted by Gasteiger charge is 2.20. The maximum Gasteiger partial charge on any atom is 0.264 e.